The highest BCUT2D eigenvalue weighted by Gasteiger charge is 2.29. The van der Waals surface area contributed by atoms with Gasteiger partial charge in [-0.15, -0.1) is 0 Å². The Hall–Kier alpha value is -1.61. The van der Waals surface area contributed by atoms with Crippen molar-refractivity contribution >= 4 is 0 Å². The maximum Gasteiger partial charge on any atom is 0.168 e. The number of aromatic nitrogens is 1. The second kappa shape index (κ2) is 2.96. The first-order valence-corrected chi connectivity index (χ1v) is 4.57. The van der Waals surface area contributed by atoms with Crippen molar-refractivity contribution in [3.8, 4) is 11.3 Å². The van der Waals surface area contributed by atoms with Crippen molar-refractivity contribution in [3.05, 3.63) is 42.2 Å². The van der Waals surface area contributed by atoms with Crippen molar-refractivity contribution in [2.75, 3.05) is 6.61 Å². The van der Waals surface area contributed by atoms with Gasteiger partial charge < -0.3 is 9.26 Å². The van der Waals surface area contributed by atoms with Crippen molar-refractivity contribution in [3.63, 3.8) is 0 Å². The lowest BCUT2D eigenvalue weighted by molar-refractivity contribution is 0.326. The monoisotopic (exact) mass is 187 g/mol. The van der Waals surface area contributed by atoms with Gasteiger partial charge in [0.05, 0.1) is 6.61 Å². The van der Waals surface area contributed by atoms with Crippen LogP contribution in [0, 0.1) is 0 Å². The lowest BCUT2D eigenvalue weighted by Gasteiger charge is -1.91. The molecular formula is C11H9NO2. The predicted molar refractivity (Wildman–Crippen MR) is 50.6 cm³/mol. The number of nitrogens with zero attached hydrogens (tertiary/aromatic N) is 1. The van der Waals surface area contributed by atoms with Crippen molar-refractivity contribution in [1.82, 2.24) is 5.16 Å². The summed E-state index contributed by atoms with van der Waals surface area (Å²) < 4.78 is 10.3. The molecule has 3 nitrogen and oxygen atoms in total. The molecule has 0 spiro atoms. The first-order valence-electron chi connectivity index (χ1n) is 4.57. The van der Waals surface area contributed by atoms with Crippen LogP contribution in [0.25, 0.3) is 11.3 Å². The zero-order valence-electron chi connectivity index (χ0n) is 7.51. The minimum Gasteiger partial charge on any atom is -0.365 e. The van der Waals surface area contributed by atoms with E-state index in [0.717, 1.165) is 23.6 Å². The number of benzene rings is 1. The molecule has 1 aliphatic heterocycles. The lowest BCUT2D eigenvalue weighted by Crippen LogP contribution is -1.74. The molecule has 1 aliphatic rings. The van der Waals surface area contributed by atoms with E-state index in [0.29, 0.717) is 0 Å². The molecule has 0 N–H and O–H groups in total. The Morgan fingerprint density at radius 1 is 1.21 bits per heavy atom. The quantitative estimate of drug-likeness (QED) is 0.677. The smallest absolute Gasteiger partial charge is 0.168 e. The van der Waals surface area contributed by atoms with Crippen molar-refractivity contribution in [2.45, 2.75) is 6.10 Å². The van der Waals surface area contributed by atoms with Crippen LogP contribution in [0.4, 0.5) is 0 Å². The molecule has 3 rings (SSSR count). The Labute approximate surface area is 81.3 Å². The van der Waals surface area contributed by atoms with Gasteiger partial charge >= 0.3 is 0 Å². The third-order valence-corrected chi connectivity index (χ3v) is 2.25. The molecule has 1 unspecified atom stereocenters. The van der Waals surface area contributed by atoms with E-state index in [-0.39, 0.29) is 6.10 Å². The van der Waals surface area contributed by atoms with E-state index < -0.39 is 0 Å². The largest absolute Gasteiger partial charge is 0.365 e. The van der Waals surface area contributed by atoms with Crippen LogP contribution in [0.3, 0.4) is 0 Å². The fraction of sp³-hybridized carbons (Fsp3) is 0.182. The number of rotatable bonds is 2. The fourth-order valence-corrected chi connectivity index (χ4v) is 1.40. The van der Waals surface area contributed by atoms with Crippen LogP contribution in [0.5, 0.6) is 0 Å². The molecule has 1 saturated heterocycles. The zero-order chi connectivity index (χ0) is 9.38. The Kier molecular flexibility index (Phi) is 1.64. The molecule has 0 saturated carbocycles. The summed E-state index contributed by atoms with van der Waals surface area (Å²) in [4.78, 5) is 0. The Balaban J connectivity index is 1.96. The molecule has 3 heteroatoms. The highest BCUT2D eigenvalue weighted by molar-refractivity contribution is 5.58. The van der Waals surface area contributed by atoms with Crippen LogP contribution in [0.1, 0.15) is 11.9 Å². The third kappa shape index (κ3) is 1.32. The van der Waals surface area contributed by atoms with Gasteiger partial charge in [0.25, 0.3) is 0 Å². The summed E-state index contributed by atoms with van der Waals surface area (Å²) in [6.07, 6.45) is 0.139. The Morgan fingerprint density at radius 3 is 2.71 bits per heavy atom. The zero-order valence-corrected chi connectivity index (χ0v) is 7.51. The summed E-state index contributed by atoms with van der Waals surface area (Å²) in [5.41, 5.74) is 1.94. The van der Waals surface area contributed by atoms with Crippen LogP contribution in [-0.4, -0.2) is 11.8 Å². The van der Waals surface area contributed by atoms with E-state index >= 15 is 0 Å². The first-order chi connectivity index (χ1) is 6.93. The molecule has 0 bridgehead atoms. The van der Waals surface area contributed by atoms with E-state index in [1.54, 1.807) is 0 Å². The number of ether oxygens (including phenoxy) is 1. The van der Waals surface area contributed by atoms with Gasteiger partial charge in [-0.05, 0) is 0 Å². The van der Waals surface area contributed by atoms with Crippen molar-refractivity contribution < 1.29 is 9.26 Å². The van der Waals surface area contributed by atoms with Gasteiger partial charge in [-0.3, -0.25) is 0 Å². The number of epoxide rings is 1. The highest BCUT2D eigenvalue weighted by atomic mass is 16.6. The minimum absolute atomic E-state index is 0.139. The molecule has 0 aliphatic carbocycles. The minimum atomic E-state index is 0.139. The maximum absolute atomic E-state index is 5.17. The van der Waals surface area contributed by atoms with Gasteiger partial charge in [0.2, 0.25) is 0 Å². The SMILES string of the molecule is c1ccc(-c2cc(C3CO3)on2)cc1. The highest BCUT2D eigenvalue weighted by Crippen LogP contribution is 2.32. The van der Waals surface area contributed by atoms with Crippen LogP contribution in [0.2, 0.25) is 0 Å². The molecule has 14 heavy (non-hydrogen) atoms. The third-order valence-electron chi connectivity index (χ3n) is 2.25. The average Bonchev–Trinajstić information content (AvgIpc) is 2.98. The van der Waals surface area contributed by atoms with E-state index in [2.05, 4.69) is 5.16 Å². The topological polar surface area (TPSA) is 38.6 Å². The molecule has 0 radical (unpaired) electrons. The van der Waals surface area contributed by atoms with Crippen molar-refractivity contribution in [1.29, 1.82) is 0 Å². The maximum atomic E-state index is 5.17. The summed E-state index contributed by atoms with van der Waals surface area (Å²) in [5.74, 6) is 0.823. The summed E-state index contributed by atoms with van der Waals surface area (Å²) in [6.45, 7) is 0.753. The van der Waals surface area contributed by atoms with Crippen LogP contribution in [0.15, 0.2) is 40.9 Å². The summed E-state index contributed by atoms with van der Waals surface area (Å²) in [6, 6.07) is 11.9. The molecule has 1 aromatic carbocycles. The van der Waals surface area contributed by atoms with E-state index in [4.69, 9.17) is 9.26 Å². The van der Waals surface area contributed by atoms with Gasteiger partial charge in [-0.1, -0.05) is 35.5 Å². The van der Waals surface area contributed by atoms with Gasteiger partial charge in [-0.25, -0.2) is 0 Å². The van der Waals surface area contributed by atoms with Gasteiger partial charge in [-0.2, -0.15) is 0 Å². The number of hydrogen-bond donors (Lipinski definition) is 0. The first kappa shape index (κ1) is 7.76. The molecule has 2 aromatic rings. The standard InChI is InChI=1S/C11H9NO2/c1-2-4-8(5-3-1)9-6-10(14-12-9)11-7-13-11/h1-6,11H,7H2. The van der Waals surface area contributed by atoms with Crippen LogP contribution < -0.4 is 0 Å². The Morgan fingerprint density at radius 2 is 2.00 bits per heavy atom. The fourth-order valence-electron chi connectivity index (χ4n) is 1.40. The molecule has 2 heterocycles. The summed E-state index contributed by atoms with van der Waals surface area (Å²) >= 11 is 0. The second-order valence-electron chi connectivity index (χ2n) is 3.30. The van der Waals surface area contributed by atoms with Gasteiger partial charge in [0.15, 0.2) is 5.76 Å². The molecular weight excluding hydrogens is 178 g/mol. The van der Waals surface area contributed by atoms with Gasteiger partial charge in [0, 0.05) is 11.6 Å². The molecule has 70 valence electrons. The predicted octanol–water partition coefficient (Wildman–Crippen LogP) is 2.41. The van der Waals surface area contributed by atoms with E-state index in [1.165, 1.54) is 0 Å². The van der Waals surface area contributed by atoms with Crippen molar-refractivity contribution in [2.24, 2.45) is 0 Å². The van der Waals surface area contributed by atoms with Gasteiger partial charge in [0.1, 0.15) is 11.8 Å². The van der Waals surface area contributed by atoms with Crippen LogP contribution in [-0.2, 0) is 4.74 Å². The van der Waals surface area contributed by atoms with Crippen LogP contribution >= 0.6 is 0 Å². The van der Waals surface area contributed by atoms with E-state index in [9.17, 15) is 0 Å². The number of hydrogen-bond acceptors (Lipinski definition) is 3. The second-order valence-corrected chi connectivity index (χ2v) is 3.30. The Bertz CT molecular complexity index is 432. The molecule has 1 atom stereocenters. The molecule has 1 fully saturated rings. The van der Waals surface area contributed by atoms with E-state index in [1.807, 2.05) is 36.4 Å². The lowest BCUT2D eigenvalue weighted by atomic mass is 10.1. The average molecular weight is 187 g/mol. The molecule has 1 aromatic heterocycles. The summed E-state index contributed by atoms with van der Waals surface area (Å²) in [7, 11) is 0. The summed E-state index contributed by atoms with van der Waals surface area (Å²) in [5, 5.41) is 3.99. The normalized spacial score (nSPS) is 19.6. The molecule has 0 amide bonds.